The lowest BCUT2D eigenvalue weighted by molar-refractivity contribution is -0.00578. The standard InChI is InChI=1S/C18H25NO2/c1-3-19-11-10-18-13(12-19)6-4-9-16(18)21-17-14(18)7-5-8-15(17)20-2/h5,7-8,13,16H,3-4,6,9-12H2,1-2H3. The number of piperidine rings is 1. The van der Waals surface area contributed by atoms with Gasteiger partial charge in [-0.1, -0.05) is 19.1 Å². The number of benzene rings is 1. The molecule has 0 bridgehead atoms. The Morgan fingerprint density at radius 3 is 3.10 bits per heavy atom. The minimum absolute atomic E-state index is 0.244. The van der Waals surface area contributed by atoms with E-state index >= 15 is 0 Å². The molecule has 0 radical (unpaired) electrons. The molecular weight excluding hydrogens is 262 g/mol. The molecule has 2 fully saturated rings. The lowest BCUT2D eigenvalue weighted by Gasteiger charge is -2.50. The molecule has 1 aromatic rings. The van der Waals surface area contributed by atoms with Crippen LogP contribution in [0.15, 0.2) is 18.2 Å². The zero-order valence-electron chi connectivity index (χ0n) is 13.1. The maximum atomic E-state index is 6.42. The predicted octanol–water partition coefficient (Wildman–Crippen LogP) is 3.22. The average Bonchev–Trinajstić information content (AvgIpc) is 2.87. The molecule has 3 nitrogen and oxygen atoms in total. The minimum Gasteiger partial charge on any atom is -0.493 e. The lowest BCUT2D eigenvalue weighted by Crippen LogP contribution is -2.56. The topological polar surface area (TPSA) is 21.7 Å². The number of rotatable bonds is 2. The van der Waals surface area contributed by atoms with Crippen molar-refractivity contribution in [3.63, 3.8) is 0 Å². The monoisotopic (exact) mass is 287 g/mol. The third-order valence-corrected chi connectivity index (χ3v) is 6.05. The normalized spacial score (nSPS) is 34.6. The molecule has 0 N–H and O–H groups in total. The van der Waals surface area contributed by atoms with Gasteiger partial charge in [-0.3, -0.25) is 0 Å². The Bertz CT molecular complexity index is 544. The van der Waals surface area contributed by atoms with Gasteiger partial charge in [0.2, 0.25) is 0 Å². The van der Waals surface area contributed by atoms with E-state index in [9.17, 15) is 0 Å². The summed E-state index contributed by atoms with van der Waals surface area (Å²) in [5.74, 6) is 2.67. The van der Waals surface area contributed by atoms with Crippen LogP contribution in [0.4, 0.5) is 0 Å². The van der Waals surface area contributed by atoms with Crippen LogP contribution in [-0.2, 0) is 5.41 Å². The van der Waals surface area contributed by atoms with Gasteiger partial charge < -0.3 is 14.4 Å². The summed E-state index contributed by atoms with van der Waals surface area (Å²) in [4.78, 5) is 2.61. The van der Waals surface area contributed by atoms with Crippen LogP contribution in [0.5, 0.6) is 11.5 Å². The molecule has 21 heavy (non-hydrogen) atoms. The first kappa shape index (κ1) is 13.4. The smallest absolute Gasteiger partial charge is 0.165 e. The molecule has 3 atom stereocenters. The van der Waals surface area contributed by atoms with Crippen molar-refractivity contribution in [3.05, 3.63) is 23.8 Å². The van der Waals surface area contributed by atoms with Crippen LogP contribution in [0, 0.1) is 5.92 Å². The molecule has 3 aliphatic rings. The van der Waals surface area contributed by atoms with Crippen LogP contribution in [0.25, 0.3) is 0 Å². The van der Waals surface area contributed by atoms with Crippen LogP contribution in [0.2, 0.25) is 0 Å². The van der Waals surface area contributed by atoms with Crippen molar-refractivity contribution in [2.75, 3.05) is 26.7 Å². The van der Waals surface area contributed by atoms with Gasteiger partial charge in [-0.15, -0.1) is 0 Å². The predicted molar refractivity (Wildman–Crippen MR) is 83.2 cm³/mol. The zero-order valence-corrected chi connectivity index (χ0v) is 13.1. The molecule has 114 valence electrons. The highest BCUT2D eigenvalue weighted by atomic mass is 16.5. The van der Waals surface area contributed by atoms with E-state index in [0.717, 1.165) is 17.4 Å². The van der Waals surface area contributed by atoms with E-state index in [0.29, 0.717) is 6.10 Å². The van der Waals surface area contributed by atoms with Crippen molar-refractivity contribution in [1.29, 1.82) is 0 Å². The second-order valence-corrected chi connectivity index (χ2v) is 6.75. The first-order valence-electron chi connectivity index (χ1n) is 8.36. The Balaban J connectivity index is 1.80. The van der Waals surface area contributed by atoms with E-state index in [2.05, 4.69) is 24.0 Å². The van der Waals surface area contributed by atoms with Crippen molar-refractivity contribution >= 4 is 0 Å². The number of nitrogens with zero attached hydrogens (tertiary/aromatic N) is 1. The molecule has 4 rings (SSSR count). The Labute approximate surface area is 127 Å². The van der Waals surface area contributed by atoms with Crippen molar-refractivity contribution in [3.8, 4) is 11.5 Å². The van der Waals surface area contributed by atoms with Gasteiger partial charge in [-0.05, 0) is 50.8 Å². The summed E-state index contributed by atoms with van der Waals surface area (Å²) in [6.07, 6.45) is 5.43. The fourth-order valence-electron chi connectivity index (χ4n) is 4.98. The second-order valence-electron chi connectivity index (χ2n) is 6.75. The highest BCUT2D eigenvalue weighted by Gasteiger charge is 2.57. The third-order valence-electron chi connectivity index (χ3n) is 6.05. The largest absolute Gasteiger partial charge is 0.493 e. The number of hydrogen-bond acceptors (Lipinski definition) is 3. The molecular formula is C18H25NO2. The molecule has 0 amide bonds. The summed E-state index contributed by atoms with van der Waals surface area (Å²) in [5.41, 5.74) is 1.67. The maximum Gasteiger partial charge on any atom is 0.165 e. The summed E-state index contributed by atoms with van der Waals surface area (Å²) >= 11 is 0. The highest BCUT2D eigenvalue weighted by Crippen LogP contribution is 2.58. The number of ether oxygens (including phenoxy) is 2. The summed E-state index contributed by atoms with van der Waals surface area (Å²) in [7, 11) is 1.75. The Kier molecular flexibility index (Phi) is 3.14. The third kappa shape index (κ3) is 1.76. The lowest BCUT2D eigenvalue weighted by atomic mass is 9.58. The Hall–Kier alpha value is -1.22. The summed E-state index contributed by atoms with van der Waals surface area (Å²) in [6.45, 7) is 5.88. The molecule has 3 heteroatoms. The van der Waals surface area contributed by atoms with E-state index in [4.69, 9.17) is 9.47 Å². The molecule has 1 saturated heterocycles. The molecule has 3 unspecified atom stereocenters. The summed E-state index contributed by atoms with van der Waals surface area (Å²) in [6, 6.07) is 6.46. The molecule has 1 aliphatic carbocycles. The van der Waals surface area contributed by atoms with E-state index in [1.54, 1.807) is 7.11 Å². The van der Waals surface area contributed by atoms with Crippen molar-refractivity contribution in [2.24, 2.45) is 5.92 Å². The molecule has 0 aromatic heterocycles. The molecule has 1 spiro atoms. The SMILES string of the molecule is CCN1CCC23c4cccc(OC)c4OC2CCCC3C1. The summed E-state index contributed by atoms with van der Waals surface area (Å²) < 4.78 is 12.0. The number of likely N-dealkylation sites (tertiary alicyclic amines) is 1. The summed E-state index contributed by atoms with van der Waals surface area (Å²) in [5, 5.41) is 0. The van der Waals surface area contributed by atoms with Crippen LogP contribution in [-0.4, -0.2) is 37.7 Å². The average molecular weight is 287 g/mol. The van der Waals surface area contributed by atoms with Crippen molar-refractivity contribution in [2.45, 2.75) is 44.1 Å². The van der Waals surface area contributed by atoms with Crippen LogP contribution in [0.3, 0.4) is 0 Å². The van der Waals surface area contributed by atoms with E-state index in [1.165, 1.54) is 50.9 Å². The number of methoxy groups -OCH3 is 1. The molecule has 1 aromatic carbocycles. The minimum atomic E-state index is 0.244. The van der Waals surface area contributed by atoms with Crippen LogP contribution in [0.1, 0.15) is 38.2 Å². The van der Waals surface area contributed by atoms with Gasteiger partial charge >= 0.3 is 0 Å². The maximum absolute atomic E-state index is 6.42. The number of hydrogen-bond donors (Lipinski definition) is 0. The van der Waals surface area contributed by atoms with E-state index in [1.807, 2.05) is 6.07 Å². The van der Waals surface area contributed by atoms with Gasteiger partial charge in [0.1, 0.15) is 6.10 Å². The van der Waals surface area contributed by atoms with Gasteiger partial charge in [0.05, 0.1) is 7.11 Å². The molecule has 1 saturated carbocycles. The zero-order chi connectivity index (χ0) is 14.4. The number of para-hydroxylation sites is 1. The Morgan fingerprint density at radius 1 is 1.38 bits per heavy atom. The second kappa shape index (κ2) is 4.91. The van der Waals surface area contributed by atoms with Gasteiger partial charge in [-0.2, -0.15) is 0 Å². The van der Waals surface area contributed by atoms with Crippen LogP contribution >= 0.6 is 0 Å². The van der Waals surface area contributed by atoms with E-state index < -0.39 is 0 Å². The molecule has 2 aliphatic heterocycles. The first-order valence-corrected chi connectivity index (χ1v) is 8.36. The van der Waals surface area contributed by atoms with Gasteiger partial charge in [0.25, 0.3) is 0 Å². The van der Waals surface area contributed by atoms with Crippen molar-refractivity contribution in [1.82, 2.24) is 4.90 Å². The van der Waals surface area contributed by atoms with Crippen LogP contribution < -0.4 is 9.47 Å². The molecule has 2 heterocycles. The highest BCUT2D eigenvalue weighted by molar-refractivity contribution is 5.55. The fourth-order valence-corrected chi connectivity index (χ4v) is 4.98. The van der Waals surface area contributed by atoms with Crippen molar-refractivity contribution < 1.29 is 9.47 Å². The van der Waals surface area contributed by atoms with Gasteiger partial charge in [-0.25, -0.2) is 0 Å². The number of fused-ring (bicyclic) bond motifs is 1. The fraction of sp³-hybridized carbons (Fsp3) is 0.667. The van der Waals surface area contributed by atoms with E-state index in [-0.39, 0.29) is 5.41 Å². The quantitative estimate of drug-likeness (QED) is 0.833. The first-order chi connectivity index (χ1) is 10.3. The van der Waals surface area contributed by atoms with Gasteiger partial charge in [0, 0.05) is 17.5 Å². The Morgan fingerprint density at radius 2 is 2.29 bits per heavy atom. The van der Waals surface area contributed by atoms with Gasteiger partial charge in [0.15, 0.2) is 11.5 Å².